The molecule has 0 unspecified atom stereocenters. The molecule has 8 nitrogen and oxygen atoms in total. The number of nitrogens with zero attached hydrogens (tertiary/aromatic N) is 2. The smallest absolute Gasteiger partial charge is 0.353 e. The van der Waals surface area contributed by atoms with Crippen LogP contribution in [0.3, 0.4) is 0 Å². The molecule has 1 aliphatic rings. The van der Waals surface area contributed by atoms with Crippen LogP contribution in [-0.4, -0.2) is 56.1 Å². The fourth-order valence-electron chi connectivity index (χ4n) is 2.12. The minimum absolute atomic E-state index is 0.125. The van der Waals surface area contributed by atoms with E-state index in [1.165, 1.54) is 6.20 Å². The third-order valence-corrected chi connectivity index (χ3v) is 3.23. The summed E-state index contributed by atoms with van der Waals surface area (Å²) in [6, 6.07) is 0. The third kappa shape index (κ3) is 2.64. The maximum Gasteiger partial charge on any atom is 0.353 e. The monoisotopic (exact) mass is 304 g/mol. The Morgan fingerprint density at radius 3 is 2.76 bits per heavy atom. The van der Waals surface area contributed by atoms with Crippen molar-refractivity contribution >= 4 is 0 Å². The lowest BCUT2D eigenvalue weighted by Crippen LogP contribution is -2.42. The molecule has 0 saturated carbocycles. The molecule has 1 aliphatic heterocycles. The van der Waals surface area contributed by atoms with Crippen LogP contribution in [0.2, 0.25) is 0 Å². The summed E-state index contributed by atoms with van der Waals surface area (Å²) in [4.78, 5) is 15.6. The summed E-state index contributed by atoms with van der Waals surface area (Å²) in [5.41, 5.74) is -0.357. The number of aryl methyl sites for hydroxylation is 1. The molecule has 0 bridgehead atoms. The quantitative estimate of drug-likeness (QED) is 0.644. The second kappa shape index (κ2) is 5.68. The highest BCUT2D eigenvalue weighted by Crippen LogP contribution is 2.37. The van der Waals surface area contributed by atoms with Crippen molar-refractivity contribution in [3.05, 3.63) is 22.2 Å². The fraction of sp³-hybridized carbons (Fsp3) is 0.667. The molecule has 1 fully saturated rings. The summed E-state index contributed by atoms with van der Waals surface area (Å²) < 4.78 is 24.8. The van der Waals surface area contributed by atoms with Crippen LogP contribution < -0.4 is 10.4 Å². The van der Waals surface area contributed by atoms with Crippen LogP contribution in [0.4, 0.5) is 4.39 Å². The molecule has 3 N–H and O–H groups in total. The summed E-state index contributed by atoms with van der Waals surface area (Å²) >= 11 is 0. The lowest BCUT2D eigenvalue weighted by molar-refractivity contribution is -0.207. The molecule has 1 saturated heterocycles. The number of halogens is 1. The number of ether oxygens (including phenoxy) is 2. The molecule has 4 atom stereocenters. The van der Waals surface area contributed by atoms with Gasteiger partial charge >= 0.3 is 5.69 Å². The molecule has 1 aromatic heterocycles. The van der Waals surface area contributed by atoms with E-state index >= 15 is 0 Å². The number of rotatable bonds is 4. The van der Waals surface area contributed by atoms with Gasteiger partial charge in [-0.25, -0.2) is 9.18 Å². The number of hydrogen-bond donors (Lipinski definition) is 3. The third-order valence-electron chi connectivity index (χ3n) is 3.23. The van der Waals surface area contributed by atoms with Gasteiger partial charge in [0, 0.05) is 11.8 Å². The van der Waals surface area contributed by atoms with Gasteiger partial charge in [0.05, 0.1) is 6.61 Å². The lowest BCUT2D eigenvalue weighted by atomic mass is 10.1. The second-order valence-corrected chi connectivity index (χ2v) is 4.74. The first-order valence-electron chi connectivity index (χ1n) is 6.40. The Kier molecular flexibility index (Phi) is 4.28. The van der Waals surface area contributed by atoms with Gasteiger partial charge in [0.2, 0.25) is 5.88 Å². The molecular weight excluding hydrogens is 287 g/mol. The van der Waals surface area contributed by atoms with Gasteiger partial charge in [-0.3, -0.25) is 4.57 Å². The van der Waals surface area contributed by atoms with Gasteiger partial charge in [-0.15, -0.1) is 0 Å². The molecule has 0 aliphatic carbocycles. The van der Waals surface area contributed by atoms with E-state index in [4.69, 9.17) is 14.6 Å². The van der Waals surface area contributed by atoms with Gasteiger partial charge < -0.3 is 24.8 Å². The van der Waals surface area contributed by atoms with Crippen molar-refractivity contribution in [2.45, 2.75) is 38.1 Å². The minimum Gasteiger partial charge on any atom is -0.478 e. The molecule has 0 amide bonds. The maximum atomic E-state index is 14.0. The molecule has 118 valence electrons. The minimum atomic E-state index is -2.84. The Morgan fingerprint density at radius 1 is 1.57 bits per heavy atom. The molecule has 0 radical (unpaired) electrons. The first kappa shape index (κ1) is 15.8. The van der Waals surface area contributed by atoms with Crippen molar-refractivity contribution in [2.24, 2.45) is 0 Å². The van der Waals surface area contributed by atoms with Gasteiger partial charge in [0.15, 0.2) is 6.23 Å². The highest BCUT2D eigenvalue weighted by molar-refractivity contribution is 5.21. The average Bonchev–Trinajstić information content (AvgIpc) is 2.68. The van der Waals surface area contributed by atoms with E-state index in [1.807, 2.05) is 0 Å². The predicted molar refractivity (Wildman–Crippen MR) is 67.5 cm³/mol. The number of aliphatic hydroxyl groups excluding tert-OH is 3. The van der Waals surface area contributed by atoms with Gasteiger partial charge in [-0.1, -0.05) is 0 Å². The van der Waals surface area contributed by atoms with Crippen molar-refractivity contribution in [2.75, 3.05) is 13.2 Å². The first-order chi connectivity index (χ1) is 9.84. The van der Waals surface area contributed by atoms with Crippen LogP contribution in [0.5, 0.6) is 5.88 Å². The van der Waals surface area contributed by atoms with Crippen LogP contribution >= 0.6 is 0 Å². The van der Waals surface area contributed by atoms with E-state index in [2.05, 4.69) is 4.98 Å². The number of hydrogen-bond acceptors (Lipinski definition) is 7. The molecule has 9 heteroatoms. The molecule has 2 heterocycles. The van der Waals surface area contributed by atoms with Crippen LogP contribution in [-0.2, 0) is 4.74 Å². The average molecular weight is 304 g/mol. The molecule has 21 heavy (non-hydrogen) atoms. The first-order valence-corrected chi connectivity index (χ1v) is 6.40. The summed E-state index contributed by atoms with van der Waals surface area (Å²) in [6.07, 6.45) is -3.92. The van der Waals surface area contributed by atoms with Crippen molar-refractivity contribution in [1.82, 2.24) is 9.55 Å². The normalized spacial score (nSPS) is 32.4. The second-order valence-electron chi connectivity index (χ2n) is 4.74. The van der Waals surface area contributed by atoms with Crippen LogP contribution in [0.1, 0.15) is 18.7 Å². The van der Waals surface area contributed by atoms with Gasteiger partial charge in [0.1, 0.15) is 18.8 Å². The number of alkyl halides is 1. The van der Waals surface area contributed by atoms with Crippen molar-refractivity contribution < 1.29 is 29.2 Å². The number of aliphatic hydroxyl groups is 3. The Morgan fingerprint density at radius 2 is 2.24 bits per heavy atom. The molecule has 2 rings (SSSR count). The van der Waals surface area contributed by atoms with E-state index < -0.39 is 36.6 Å². The Bertz CT molecular complexity index is 579. The molecule has 1 aromatic rings. The van der Waals surface area contributed by atoms with Crippen LogP contribution in [0.25, 0.3) is 0 Å². The van der Waals surface area contributed by atoms with Crippen molar-refractivity contribution in [1.29, 1.82) is 0 Å². The Labute approximate surface area is 119 Å². The summed E-state index contributed by atoms with van der Waals surface area (Å²) in [6.45, 7) is 2.50. The zero-order valence-corrected chi connectivity index (χ0v) is 11.6. The zero-order valence-electron chi connectivity index (χ0n) is 11.6. The van der Waals surface area contributed by atoms with E-state index in [1.54, 1.807) is 13.8 Å². The molecular formula is C12H17FN2O6. The summed E-state index contributed by atoms with van der Waals surface area (Å²) in [5, 5.41) is 28.3. The van der Waals surface area contributed by atoms with Crippen LogP contribution in [0, 0.1) is 6.92 Å². The Hall–Kier alpha value is -1.55. The van der Waals surface area contributed by atoms with E-state index in [-0.39, 0.29) is 5.88 Å². The summed E-state index contributed by atoms with van der Waals surface area (Å²) in [5.74, 6) is -2.71. The topological polar surface area (TPSA) is 114 Å². The van der Waals surface area contributed by atoms with Crippen molar-refractivity contribution in [3.63, 3.8) is 0 Å². The van der Waals surface area contributed by atoms with E-state index in [0.717, 1.165) is 4.57 Å². The molecule has 0 aromatic carbocycles. The molecule has 0 spiro atoms. The number of aromatic nitrogens is 2. The van der Waals surface area contributed by atoms with Crippen molar-refractivity contribution in [3.8, 4) is 5.88 Å². The predicted octanol–water partition coefficient (Wildman–Crippen LogP) is -1.14. The summed E-state index contributed by atoms with van der Waals surface area (Å²) in [7, 11) is 0. The highest BCUT2D eigenvalue weighted by Gasteiger charge is 2.56. The lowest BCUT2D eigenvalue weighted by Gasteiger charge is -2.20. The largest absolute Gasteiger partial charge is 0.478 e. The standard InChI is InChI=1S/C12H17FN2O6/c1-3-20-9-6(2)4-15(11(19)14-9)10-7(17)8(18)12(13,5-16)21-10/h4,7-8,10,16-18H,3,5H2,1-2H3/t7-,8+,10-,12-/m1/s1. The van der Waals surface area contributed by atoms with Crippen LogP contribution in [0.15, 0.2) is 11.0 Å². The fourth-order valence-corrected chi connectivity index (χ4v) is 2.12. The maximum absolute atomic E-state index is 14.0. The van der Waals surface area contributed by atoms with E-state index in [9.17, 15) is 19.4 Å². The zero-order chi connectivity index (χ0) is 15.8. The SMILES string of the molecule is CCOc1nc(=O)n([C@@H]2O[C@](F)(CO)[C@@H](O)[C@H]2O)cc1C. The van der Waals surface area contributed by atoms with Gasteiger partial charge in [-0.05, 0) is 13.8 Å². The Balaban J connectivity index is 2.39. The highest BCUT2D eigenvalue weighted by atomic mass is 19.2. The van der Waals surface area contributed by atoms with Gasteiger partial charge in [0.25, 0.3) is 5.85 Å². The van der Waals surface area contributed by atoms with E-state index in [0.29, 0.717) is 12.2 Å². The van der Waals surface area contributed by atoms with Gasteiger partial charge in [-0.2, -0.15) is 4.98 Å².